The van der Waals surface area contributed by atoms with Crippen LogP contribution in [0, 0.1) is 0 Å². The van der Waals surface area contributed by atoms with Crippen molar-refractivity contribution in [3.8, 4) is 34.4 Å². The minimum atomic E-state index is -0.282. The summed E-state index contributed by atoms with van der Waals surface area (Å²) in [4.78, 5) is 12.2. The summed E-state index contributed by atoms with van der Waals surface area (Å²) in [6.07, 6.45) is 0. The molecule has 3 aromatic rings. The summed E-state index contributed by atoms with van der Waals surface area (Å²) < 4.78 is 21.1. The van der Waals surface area contributed by atoms with Gasteiger partial charge in [-0.15, -0.1) is 10.2 Å². The third-order valence-corrected chi connectivity index (χ3v) is 4.01. The lowest BCUT2D eigenvalue weighted by molar-refractivity contribution is -0.118. The van der Waals surface area contributed by atoms with Crippen LogP contribution in [0.4, 0.5) is 5.69 Å². The molecular formula is C20H17N3O5. The van der Waals surface area contributed by atoms with Gasteiger partial charge >= 0.3 is 0 Å². The lowest BCUT2D eigenvalue weighted by Gasteiger charge is -2.09. The largest absolute Gasteiger partial charge is 0.484 e. The topological polar surface area (TPSA) is 91.8 Å². The highest BCUT2D eigenvalue weighted by Crippen LogP contribution is 2.35. The van der Waals surface area contributed by atoms with Gasteiger partial charge in [-0.05, 0) is 30.3 Å². The first kappa shape index (κ1) is 17.6. The molecule has 0 atom stereocenters. The van der Waals surface area contributed by atoms with Crippen LogP contribution in [0.3, 0.4) is 0 Å². The summed E-state index contributed by atoms with van der Waals surface area (Å²) in [7, 11) is 1.53. The van der Waals surface area contributed by atoms with Crippen molar-refractivity contribution in [1.82, 2.24) is 10.2 Å². The van der Waals surface area contributed by atoms with E-state index in [0.717, 1.165) is 5.56 Å². The van der Waals surface area contributed by atoms with E-state index in [1.54, 1.807) is 36.4 Å². The predicted octanol–water partition coefficient (Wildman–Crippen LogP) is 2.90. The fourth-order valence-electron chi connectivity index (χ4n) is 2.65. The van der Waals surface area contributed by atoms with Crippen LogP contribution in [-0.2, 0) is 4.79 Å². The summed E-state index contributed by atoms with van der Waals surface area (Å²) in [5, 5.41) is 10.9. The number of benzene rings is 2. The maximum absolute atomic E-state index is 12.2. The number of amides is 1. The van der Waals surface area contributed by atoms with Crippen molar-refractivity contribution in [2.24, 2.45) is 0 Å². The van der Waals surface area contributed by atoms with Crippen LogP contribution < -0.4 is 24.3 Å². The fraction of sp³-hybridized carbons (Fsp3) is 0.150. The smallest absolute Gasteiger partial charge is 0.262 e. The van der Waals surface area contributed by atoms with Crippen LogP contribution in [0.15, 0.2) is 54.6 Å². The van der Waals surface area contributed by atoms with Crippen LogP contribution in [0.25, 0.3) is 11.3 Å². The summed E-state index contributed by atoms with van der Waals surface area (Å²) in [5.74, 6) is 1.95. The molecule has 8 heteroatoms. The van der Waals surface area contributed by atoms with Gasteiger partial charge in [0.05, 0.1) is 12.8 Å². The molecule has 142 valence electrons. The molecule has 1 aliphatic rings. The number of hydrogen-bond acceptors (Lipinski definition) is 7. The first-order valence-corrected chi connectivity index (χ1v) is 8.52. The number of ether oxygens (including phenoxy) is 4. The van der Waals surface area contributed by atoms with E-state index in [0.29, 0.717) is 34.5 Å². The average Bonchev–Trinajstić information content (AvgIpc) is 3.20. The van der Waals surface area contributed by atoms with E-state index in [-0.39, 0.29) is 19.3 Å². The standard InChI is InChI=1S/C20H17N3O5/c1-25-20-8-6-16(22-23-20)13-3-2-4-14(9-13)21-19(24)11-26-15-5-7-17-18(10-15)28-12-27-17/h2-10H,11-12H2,1H3,(H,21,24). The molecule has 1 N–H and O–H groups in total. The zero-order valence-corrected chi connectivity index (χ0v) is 15.0. The molecule has 2 aromatic carbocycles. The highest BCUT2D eigenvalue weighted by Gasteiger charge is 2.14. The molecule has 4 rings (SSSR count). The monoisotopic (exact) mass is 379 g/mol. The summed E-state index contributed by atoms with van der Waals surface area (Å²) in [6, 6.07) is 16.0. The molecule has 0 saturated heterocycles. The second kappa shape index (κ2) is 7.83. The Kier molecular flexibility index (Phi) is 4.92. The van der Waals surface area contributed by atoms with E-state index in [1.165, 1.54) is 7.11 Å². The third-order valence-electron chi connectivity index (χ3n) is 4.01. The highest BCUT2D eigenvalue weighted by atomic mass is 16.7. The third kappa shape index (κ3) is 3.96. The zero-order valence-electron chi connectivity index (χ0n) is 15.0. The molecular weight excluding hydrogens is 362 g/mol. The minimum Gasteiger partial charge on any atom is -0.484 e. The first-order valence-electron chi connectivity index (χ1n) is 8.52. The van der Waals surface area contributed by atoms with Crippen LogP contribution >= 0.6 is 0 Å². The fourth-order valence-corrected chi connectivity index (χ4v) is 2.65. The molecule has 0 fully saturated rings. The summed E-state index contributed by atoms with van der Waals surface area (Å²) >= 11 is 0. The minimum absolute atomic E-state index is 0.133. The van der Waals surface area contributed by atoms with Gasteiger partial charge in [-0.1, -0.05) is 12.1 Å². The Hall–Kier alpha value is -3.81. The van der Waals surface area contributed by atoms with Crippen LogP contribution in [0.5, 0.6) is 23.1 Å². The van der Waals surface area contributed by atoms with Crippen molar-refractivity contribution in [2.75, 3.05) is 25.8 Å². The Balaban J connectivity index is 1.37. The lowest BCUT2D eigenvalue weighted by Crippen LogP contribution is -2.20. The quantitative estimate of drug-likeness (QED) is 0.704. The second-order valence-corrected chi connectivity index (χ2v) is 5.89. The van der Waals surface area contributed by atoms with Crippen molar-refractivity contribution >= 4 is 11.6 Å². The maximum Gasteiger partial charge on any atom is 0.262 e. The maximum atomic E-state index is 12.2. The van der Waals surface area contributed by atoms with Gasteiger partial charge in [0.1, 0.15) is 5.75 Å². The number of carbonyl (C=O) groups is 1. The summed E-state index contributed by atoms with van der Waals surface area (Å²) in [5.41, 5.74) is 2.13. The van der Waals surface area contributed by atoms with Crippen molar-refractivity contribution in [1.29, 1.82) is 0 Å². The van der Waals surface area contributed by atoms with Crippen LogP contribution in [-0.4, -0.2) is 36.6 Å². The molecule has 2 heterocycles. The van der Waals surface area contributed by atoms with Crippen LogP contribution in [0.2, 0.25) is 0 Å². The molecule has 1 aromatic heterocycles. The van der Waals surface area contributed by atoms with Gasteiger partial charge in [0.25, 0.3) is 5.91 Å². The van der Waals surface area contributed by atoms with Crippen molar-refractivity contribution in [3.63, 3.8) is 0 Å². The van der Waals surface area contributed by atoms with E-state index in [9.17, 15) is 4.79 Å². The molecule has 0 aliphatic carbocycles. The molecule has 0 unspecified atom stereocenters. The van der Waals surface area contributed by atoms with Gasteiger partial charge < -0.3 is 24.3 Å². The molecule has 0 bridgehead atoms. The molecule has 0 spiro atoms. The predicted molar refractivity (Wildman–Crippen MR) is 101 cm³/mol. The number of nitrogens with zero attached hydrogens (tertiary/aromatic N) is 2. The van der Waals surface area contributed by atoms with E-state index < -0.39 is 0 Å². The number of nitrogens with one attached hydrogen (secondary N) is 1. The molecule has 8 nitrogen and oxygen atoms in total. The SMILES string of the molecule is COc1ccc(-c2cccc(NC(=O)COc3ccc4c(c3)OCO4)c2)nn1. The van der Waals surface area contributed by atoms with Gasteiger partial charge in [0.2, 0.25) is 12.7 Å². The Morgan fingerprint density at radius 3 is 2.79 bits per heavy atom. The number of fused-ring (bicyclic) bond motifs is 1. The molecule has 0 radical (unpaired) electrons. The number of hydrogen-bond donors (Lipinski definition) is 1. The van der Waals surface area contributed by atoms with Gasteiger partial charge in [0, 0.05) is 23.4 Å². The number of aromatic nitrogens is 2. The van der Waals surface area contributed by atoms with Crippen molar-refractivity contribution in [3.05, 3.63) is 54.6 Å². The number of methoxy groups -OCH3 is 1. The number of anilines is 1. The van der Waals surface area contributed by atoms with Crippen molar-refractivity contribution in [2.45, 2.75) is 0 Å². The molecule has 1 amide bonds. The second-order valence-electron chi connectivity index (χ2n) is 5.89. The van der Waals surface area contributed by atoms with Crippen LogP contribution in [0.1, 0.15) is 0 Å². The van der Waals surface area contributed by atoms with Gasteiger partial charge in [-0.3, -0.25) is 4.79 Å². The van der Waals surface area contributed by atoms with Gasteiger partial charge in [0.15, 0.2) is 18.1 Å². The summed E-state index contributed by atoms with van der Waals surface area (Å²) in [6.45, 7) is 0.0560. The molecule has 0 saturated carbocycles. The molecule has 28 heavy (non-hydrogen) atoms. The Labute approximate surface area is 161 Å². The normalized spacial score (nSPS) is 11.8. The Morgan fingerprint density at radius 1 is 1.07 bits per heavy atom. The van der Waals surface area contributed by atoms with E-state index in [2.05, 4.69) is 15.5 Å². The number of carbonyl (C=O) groups excluding carboxylic acids is 1. The lowest BCUT2D eigenvalue weighted by atomic mass is 10.1. The highest BCUT2D eigenvalue weighted by molar-refractivity contribution is 5.92. The van der Waals surface area contributed by atoms with Gasteiger partial charge in [-0.25, -0.2) is 0 Å². The van der Waals surface area contributed by atoms with Crippen molar-refractivity contribution < 1.29 is 23.7 Å². The van der Waals surface area contributed by atoms with E-state index in [4.69, 9.17) is 18.9 Å². The Morgan fingerprint density at radius 2 is 1.96 bits per heavy atom. The zero-order chi connectivity index (χ0) is 19.3. The van der Waals surface area contributed by atoms with E-state index in [1.807, 2.05) is 18.2 Å². The molecule has 1 aliphatic heterocycles. The Bertz CT molecular complexity index is 991. The first-order chi connectivity index (χ1) is 13.7. The number of rotatable bonds is 6. The van der Waals surface area contributed by atoms with Gasteiger partial charge in [-0.2, -0.15) is 0 Å². The average molecular weight is 379 g/mol. The van der Waals surface area contributed by atoms with E-state index >= 15 is 0 Å².